The van der Waals surface area contributed by atoms with Gasteiger partial charge in [-0.2, -0.15) is 0 Å². The van der Waals surface area contributed by atoms with Gasteiger partial charge in [0.2, 0.25) is 5.91 Å². The first-order valence-electron chi connectivity index (χ1n) is 5.38. The van der Waals surface area contributed by atoms with Gasteiger partial charge in [0.25, 0.3) is 6.43 Å². The van der Waals surface area contributed by atoms with E-state index in [-0.39, 0.29) is 25.7 Å². The molecule has 1 aliphatic heterocycles. The van der Waals surface area contributed by atoms with Crippen molar-refractivity contribution in [1.82, 2.24) is 4.90 Å². The van der Waals surface area contributed by atoms with Crippen LogP contribution in [0.3, 0.4) is 0 Å². The van der Waals surface area contributed by atoms with Gasteiger partial charge in [-0.3, -0.25) is 4.79 Å². The smallest absolute Gasteiger partial charge is 0.260 e. The highest BCUT2D eigenvalue weighted by molar-refractivity contribution is 5.78. The molecule has 1 heterocycles. The molecule has 0 aliphatic carbocycles. The molecule has 1 aromatic rings. The Bertz CT molecular complexity index is 383. The summed E-state index contributed by atoms with van der Waals surface area (Å²) in [6, 6.07) is 7.96. The summed E-state index contributed by atoms with van der Waals surface area (Å²) in [5.74, 6) is -0.384. The topological polar surface area (TPSA) is 29.5 Å². The number of benzene rings is 1. The number of carbonyl (C=O) groups excluding carboxylic acids is 1. The maximum atomic E-state index is 12.8. The Morgan fingerprint density at radius 1 is 1.35 bits per heavy atom. The van der Waals surface area contributed by atoms with Crippen LogP contribution in [0, 0.1) is 0 Å². The number of rotatable bonds is 3. The van der Waals surface area contributed by atoms with Crippen LogP contribution in [0.2, 0.25) is 0 Å². The minimum Gasteiger partial charge on any atom is -0.369 e. The summed E-state index contributed by atoms with van der Waals surface area (Å²) in [6.45, 7) is -0.00959. The van der Waals surface area contributed by atoms with E-state index in [9.17, 15) is 13.6 Å². The lowest BCUT2D eigenvalue weighted by molar-refractivity contribution is -0.157. The molecule has 1 aromatic carbocycles. The third-order valence-electron chi connectivity index (χ3n) is 2.72. The second kappa shape index (κ2) is 5.23. The molecule has 1 saturated heterocycles. The zero-order chi connectivity index (χ0) is 12.3. The maximum Gasteiger partial charge on any atom is 0.260 e. The van der Waals surface area contributed by atoms with Gasteiger partial charge < -0.3 is 9.64 Å². The van der Waals surface area contributed by atoms with Crippen molar-refractivity contribution in [2.45, 2.75) is 19.0 Å². The molecule has 0 saturated carbocycles. The molecule has 0 spiro atoms. The van der Waals surface area contributed by atoms with E-state index in [2.05, 4.69) is 0 Å². The molecule has 1 fully saturated rings. The molecular weight excluding hydrogens is 228 g/mol. The molecular formula is C12H13F2NO2. The van der Waals surface area contributed by atoms with Crippen molar-refractivity contribution in [1.29, 1.82) is 0 Å². The first kappa shape index (κ1) is 12.0. The van der Waals surface area contributed by atoms with E-state index in [4.69, 9.17) is 4.74 Å². The summed E-state index contributed by atoms with van der Waals surface area (Å²) in [5.41, 5.74) is 0.841. The number of alkyl halides is 2. The maximum absolute atomic E-state index is 12.8. The van der Waals surface area contributed by atoms with Crippen molar-refractivity contribution in [3.63, 3.8) is 0 Å². The van der Waals surface area contributed by atoms with Crippen LogP contribution in [0.5, 0.6) is 0 Å². The third kappa shape index (κ3) is 2.79. The molecule has 0 aromatic heterocycles. The molecule has 92 valence electrons. The zero-order valence-corrected chi connectivity index (χ0v) is 9.18. The third-order valence-corrected chi connectivity index (χ3v) is 2.72. The van der Waals surface area contributed by atoms with Crippen LogP contribution in [0.1, 0.15) is 5.56 Å². The number of carbonyl (C=O) groups is 1. The molecule has 1 aliphatic rings. The first-order valence-corrected chi connectivity index (χ1v) is 5.38. The molecule has 0 N–H and O–H groups in total. The van der Waals surface area contributed by atoms with E-state index in [1.54, 1.807) is 0 Å². The van der Waals surface area contributed by atoms with Gasteiger partial charge in [-0.15, -0.1) is 0 Å². The van der Waals surface area contributed by atoms with E-state index in [1.165, 1.54) is 4.90 Å². The monoisotopic (exact) mass is 241 g/mol. The van der Waals surface area contributed by atoms with Gasteiger partial charge in [-0.25, -0.2) is 8.78 Å². The standard InChI is InChI=1S/C12H13F2NO2/c13-12(14)10-7-17-8-11(16)15(10)6-9-4-2-1-3-5-9/h1-5,10,12H,6-8H2. The zero-order valence-electron chi connectivity index (χ0n) is 9.18. The second-order valence-corrected chi connectivity index (χ2v) is 3.92. The Kier molecular flexibility index (Phi) is 3.68. The Hall–Kier alpha value is -1.49. The minimum atomic E-state index is -2.58. The summed E-state index contributed by atoms with van der Waals surface area (Å²) in [5, 5.41) is 0. The first-order chi connectivity index (χ1) is 8.18. The predicted octanol–water partition coefficient (Wildman–Crippen LogP) is 1.68. The lowest BCUT2D eigenvalue weighted by Crippen LogP contribution is -2.52. The van der Waals surface area contributed by atoms with Gasteiger partial charge in [0.1, 0.15) is 12.6 Å². The van der Waals surface area contributed by atoms with Gasteiger partial charge in [-0.1, -0.05) is 30.3 Å². The molecule has 17 heavy (non-hydrogen) atoms. The number of nitrogens with zero attached hydrogens (tertiary/aromatic N) is 1. The molecule has 1 amide bonds. The average molecular weight is 241 g/mol. The average Bonchev–Trinajstić information content (AvgIpc) is 2.33. The van der Waals surface area contributed by atoms with Gasteiger partial charge in [0.05, 0.1) is 6.61 Å². The highest BCUT2D eigenvalue weighted by atomic mass is 19.3. The number of ether oxygens (including phenoxy) is 1. The molecule has 5 heteroatoms. The SMILES string of the molecule is O=C1COCC(C(F)F)N1Cc1ccccc1. The van der Waals surface area contributed by atoms with Crippen LogP contribution < -0.4 is 0 Å². The Morgan fingerprint density at radius 2 is 2.06 bits per heavy atom. The highest BCUT2D eigenvalue weighted by Crippen LogP contribution is 2.18. The molecule has 2 rings (SSSR count). The van der Waals surface area contributed by atoms with Crippen LogP contribution in [0.25, 0.3) is 0 Å². The van der Waals surface area contributed by atoms with Crippen molar-refractivity contribution in [2.24, 2.45) is 0 Å². The molecule has 1 atom stereocenters. The summed E-state index contributed by atoms with van der Waals surface area (Å²) in [6.07, 6.45) is -2.58. The summed E-state index contributed by atoms with van der Waals surface area (Å²) >= 11 is 0. The van der Waals surface area contributed by atoms with E-state index in [0.717, 1.165) is 5.56 Å². The fraction of sp³-hybridized carbons (Fsp3) is 0.417. The largest absolute Gasteiger partial charge is 0.369 e. The van der Waals surface area contributed by atoms with Crippen molar-refractivity contribution in [3.05, 3.63) is 35.9 Å². The summed E-state index contributed by atoms with van der Waals surface area (Å²) in [7, 11) is 0. The van der Waals surface area contributed by atoms with Crippen molar-refractivity contribution < 1.29 is 18.3 Å². The number of hydrogen-bond donors (Lipinski definition) is 0. The predicted molar refractivity (Wildman–Crippen MR) is 57.6 cm³/mol. The molecule has 0 bridgehead atoms. The highest BCUT2D eigenvalue weighted by Gasteiger charge is 2.34. The Morgan fingerprint density at radius 3 is 2.71 bits per heavy atom. The quantitative estimate of drug-likeness (QED) is 0.805. The minimum absolute atomic E-state index is 0.101. The van der Waals surface area contributed by atoms with Gasteiger partial charge in [-0.05, 0) is 5.56 Å². The van der Waals surface area contributed by atoms with Gasteiger partial charge in [0.15, 0.2) is 0 Å². The van der Waals surface area contributed by atoms with E-state index < -0.39 is 12.5 Å². The fourth-order valence-corrected chi connectivity index (χ4v) is 1.82. The van der Waals surface area contributed by atoms with Crippen LogP contribution in [-0.2, 0) is 16.1 Å². The molecule has 0 radical (unpaired) electrons. The normalized spacial score (nSPS) is 21.0. The number of halogens is 2. The van der Waals surface area contributed by atoms with E-state index in [1.807, 2.05) is 30.3 Å². The Balaban J connectivity index is 2.12. The van der Waals surface area contributed by atoms with Gasteiger partial charge >= 0.3 is 0 Å². The van der Waals surface area contributed by atoms with Crippen molar-refractivity contribution >= 4 is 5.91 Å². The molecule has 3 nitrogen and oxygen atoms in total. The van der Waals surface area contributed by atoms with Gasteiger partial charge in [0, 0.05) is 6.54 Å². The fourth-order valence-electron chi connectivity index (χ4n) is 1.82. The summed E-state index contributed by atoms with van der Waals surface area (Å²) < 4.78 is 30.4. The van der Waals surface area contributed by atoms with Crippen LogP contribution in [0.4, 0.5) is 8.78 Å². The summed E-state index contributed by atoms with van der Waals surface area (Å²) in [4.78, 5) is 12.8. The van der Waals surface area contributed by atoms with Crippen LogP contribution in [0.15, 0.2) is 30.3 Å². The molecule has 1 unspecified atom stereocenters. The van der Waals surface area contributed by atoms with Crippen molar-refractivity contribution in [2.75, 3.05) is 13.2 Å². The van der Waals surface area contributed by atoms with E-state index >= 15 is 0 Å². The second-order valence-electron chi connectivity index (χ2n) is 3.92. The lowest BCUT2D eigenvalue weighted by Gasteiger charge is -2.34. The number of hydrogen-bond acceptors (Lipinski definition) is 2. The number of morpholine rings is 1. The Labute approximate surface area is 98.0 Å². The number of amides is 1. The van der Waals surface area contributed by atoms with E-state index in [0.29, 0.717) is 0 Å². The van der Waals surface area contributed by atoms with Crippen LogP contribution >= 0.6 is 0 Å². The van der Waals surface area contributed by atoms with Crippen molar-refractivity contribution in [3.8, 4) is 0 Å². The van der Waals surface area contributed by atoms with Crippen LogP contribution in [-0.4, -0.2) is 36.5 Å². The lowest BCUT2D eigenvalue weighted by atomic mass is 10.1.